The number of rotatable bonds is 2. The Morgan fingerprint density at radius 2 is 2.15 bits per heavy atom. The molecule has 1 unspecified atom stereocenters. The number of nitrogens with zero attached hydrogens (tertiary/aromatic N) is 1. The summed E-state index contributed by atoms with van der Waals surface area (Å²) in [5, 5.41) is 28.5. The van der Waals surface area contributed by atoms with Crippen LogP contribution in [0.3, 0.4) is 0 Å². The first-order chi connectivity index (χ1) is 9.34. The maximum atomic E-state index is 12.4. The Kier molecular flexibility index (Phi) is 3.87. The molecule has 1 aliphatic heterocycles. The van der Waals surface area contributed by atoms with Crippen LogP contribution in [0.25, 0.3) is 0 Å². The number of phenols is 2. The smallest absolute Gasteiger partial charge is 0.257 e. The number of aliphatic hydroxyl groups excluding tert-OH is 1. The largest absolute Gasteiger partial charge is 0.504 e. The number of hydrogen-bond donors (Lipinski definition) is 3. The quantitative estimate of drug-likeness (QED) is 0.695. The third kappa shape index (κ3) is 2.86. The number of ether oxygens (including phenoxy) is 1. The molecule has 1 fully saturated rings. The van der Waals surface area contributed by atoms with E-state index < -0.39 is 23.4 Å². The van der Waals surface area contributed by atoms with Crippen molar-refractivity contribution in [3.8, 4) is 11.5 Å². The molecule has 0 radical (unpaired) electrons. The van der Waals surface area contributed by atoms with E-state index >= 15 is 0 Å². The lowest BCUT2D eigenvalue weighted by atomic mass is 10.0. The number of aliphatic hydroxyl groups is 1. The number of amides is 1. The molecule has 6 heteroatoms. The lowest BCUT2D eigenvalue weighted by molar-refractivity contribution is -0.139. The average molecular weight is 281 g/mol. The van der Waals surface area contributed by atoms with Crippen molar-refractivity contribution in [1.82, 2.24) is 4.90 Å². The van der Waals surface area contributed by atoms with Gasteiger partial charge in [-0.25, -0.2) is 0 Å². The van der Waals surface area contributed by atoms with Gasteiger partial charge in [-0.2, -0.15) is 0 Å². The predicted octanol–water partition coefficient (Wildman–Crippen LogP) is 0.710. The zero-order chi connectivity index (χ0) is 14.9. The Hall–Kier alpha value is -1.79. The lowest BCUT2D eigenvalue weighted by Gasteiger charge is -2.42. The van der Waals surface area contributed by atoms with Crippen LogP contribution < -0.4 is 0 Å². The van der Waals surface area contributed by atoms with Crippen LogP contribution in [0.2, 0.25) is 0 Å². The molecule has 1 saturated heterocycles. The lowest BCUT2D eigenvalue weighted by Crippen LogP contribution is -2.55. The van der Waals surface area contributed by atoms with Crippen LogP contribution in [-0.4, -0.2) is 57.5 Å². The number of carbonyl (C=O) groups is 1. The molecule has 2 rings (SSSR count). The normalized spacial score (nSPS) is 21.8. The van der Waals surface area contributed by atoms with Gasteiger partial charge in [-0.15, -0.1) is 0 Å². The Morgan fingerprint density at radius 1 is 1.45 bits per heavy atom. The fraction of sp³-hybridized carbons (Fsp3) is 0.500. The minimum atomic E-state index is -0.576. The summed E-state index contributed by atoms with van der Waals surface area (Å²) < 4.78 is 5.64. The minimum Gasteiger partial charge on any atom is -0.504 e. The second-order valence-corrected chi connectivity index (χ2v) is 5.54. The highest BCUT2D eigenvalue weighted by atomic mass is 16.5. The van der Waals surface area contributed by atoms with Crippen LogP contribution in [0.1, 0.15) is 24.2 Å². The summed E-state index contributed by atoms with van der Waals surface area (Å²) in [6, 6.07) is 4.26. The average Bonchev–Trinajstić information content (AvgIpc) is 2.39. The third-order valence-electron chi connectivity index (χ3n) is 3.22. The molecule has 110 valence electrons. The topological polar surface area (TPSA) is 90.2 Å². The maximum absolute atomic E-state index is 12.4. The highest BCUT2D eigenvalue weighted by Gasteiger charge is 2.36. The summed E-state index contributed by atoms with van der Waals surface area (Å²) >= 11 is 0. The van der Waals surface area contributed by atoms with Gasteiger partial charge in [0.1, 0.15) is 0 Å². The van der Waals surface area contributed by atoms with Crippen molar-refractivity contribution in [2.75, 3.05) is 19.7 Å². The molecule has 0 saturated carbocycles. The van der Waals surface area contributed by atoms with E-state index in [4.69, 9.17) is 4.74 Å². The second kappa shape index (κ2) is 5.30. The van der Waals surface area contributed by atoms with Crippen molar-refractivity contribution in [2.45, 2.75) is 25.6 Å². The van der Waals surface area contributed by atoms with Gasteiger partial charge in [-0.3, -0.25) is 4.79 Å². The number of benzene rings is 1. The summed E-state index contributed by atoms with van der Waals surface area (Å²) in [5.74, 6) is -1.15. The van der Waals surface area contributed by atoms with Gasteiger partial charge >= 0.3 is 0 Å². The first-order valence-electron chi connectivity index (χ1n) is 6.43. The molecule has 1 aromatic rings. The summed E-state index contributed by atoms with van der Waals surface area (Å²) in [4.78, 5) is 14.0. The van der Waals surface area contributed by atoms with Gasteiger partial charge in [-0.05, 0) is 26.0 Å². The molecule has 1 aromatic carbocycles. The molecular formula is C14H19NO5. The number of carbonyl (C=O) groups excluding carboxylic acids is 1. The number of hydrogen-bond acceptors (Lipinski definition) is 5. The van der Waals surface area contributed by atoms with Crippen LogP contribution in [0, 0.1) is 0 Å². The van der Waals surface area contributed by atoms with Gasteiger partial charge in [0.15, 0.2) is 11.5 Å². The van der Waals surface area contributed by atoms with Crippen molar-refractivity contribution in [3.05, 3.63) is 23.8 Å². The van der Waals surface area contributed by atoms with Crippen LogP contribution in [0.15, 0.2) is 18.2 Å². The van der Waals surface area contributed by atoms with Crippen LogP contribution in [-0.2, 0) is 4.74 Å². The summed E-state index contributed by atoms with van der Waals surface area (Å²) in [7, 11) is 0. The van der Waals surface area contributed by atoms with Crippen molar-refractivity contribution in [2.24, 2.45) is 0 Å². The predicted molar refractivity (Wildman–Crippen MR) is 71.7 cm³/mol. The van der Waals surface area contributed by atoms with E-state index in [1.807, 2.05) is 13.8 Å². The molecule has 0 bridgehead atoms. The third-order valence-corrected chi connectivity index (χ3v) is 3.22. The van der Waals surface area contributed by atoms with Crippen LogP contribution >= 0.6 is 0 Å². The van der Waals surface area contributed by atoms with Crippen LogP contribution in [0.5, 0.6) is 11.5 Å². The summed E-state index contributed by atoms with van der Waals surface area (Å²) in [6.45, 7) is 4.07. The van der Waals surface area contributed by atoms with E-state index in [0.29, 0.717) is 6.54 Å². The molecule has 1 atom stereocenters. The van der Waals surface area contributed by atoms with E-state index in [-0.39, 0.29) is 24.5 Å². The van der Waals surface area contributed by atoms with E-state index in [2.05, 4.69) is 0 Å². The Bertz CT molecular complexity index is 514. The van der Waals surface area contributed by atoms with Gasteiger partial charge < -0.3 is 25.0 Å². The highest BCUT2D eigenvalue weighted by molar-refractivity contribution is 5.97. The summed E-state index contributed by atoms with van der Waals surface area (Å²) in [6.07, 6.45) is -0.456. The van der Waals surface area contributed by atoms with Gasteiger partial charge in [0, 0.05) is 13.1 Å². The first-order valence-corrected chi connectivity index (χ1v) is 6.43. The number of aromatic hydroxyl groups is 2. The highest BCUT2D eigenvalue weighted by Crippen LogP contribution is 2.30. The molecule has 0 aliphatic carbocycles. The van der Waals surface area contributed by atoms with Crippen molar-refractivity contribution in [3.63, 3.8) is 0 Å². The Morgan fingerprint density at radius 3 is 2.80 bits per heavy atom. The van der Waals surface area contributed by atoms with Gasteiger partial charge in [-0.1, -0.05) is 6.07 Å². The second-order valence-electron chi connectivity index (χ2n) is 5.54. The fourth-order valence-corrected chi connectivity index (χ4v) is 2.42. The maximum Gasteiger partial charge on any atom is 0.257 e. The molecule has 1 aliphatic rings. The molecule has 1 amide bonds. The number of morpholine rings is 1. The number of para-hydroxylation sites is 1. The van der Waals surface area contributed by atoms with Gasteiger partial charge in [0.2, 0.25) is 0 Å². The Balaban J connectivity index is 2.26. The first kappa shape index (κ1) is 14.6. The van der Waals surface area contributed by atoms with Gasteiger partial charge in [0.05, 0.1) is 23.9 Å². The van der Waals surface area contributed by atoms with E-state index in [9.17, 15) is 20.1 Å². The van der Waals surface area contributed by atoms with Gasteiger partial charge in [0.25, 0.3) is 5.91 Å². The van der Waals surface area contributed by atoms with Crippen molar-refractivity contribution < 1.29 is 24.9 Å². The zero-order valence-corrected chi connectivity index (χ0v) is 11.5. The van der Waals surface area contributed by atoms with Crippen LogP contribution in [0.4, 0.5) is 0 Å². The molecule has 0 aromatic heterocycles. The summed E-state index contributed by atoms with van der Waals surface area (Å²) in [5.41, 5.74) is -0.535. The van der Waals surface area contributed by atoms with Crippen molar-refractivity contribution in [1.29, 1.82) is 0 Å². The monoisotopic (exact) mass is 281 g/mol. The van der Waals surface area contributed by atoms with E-state index in [0.717, 1.165) is 0 Å². The molecule has 1 heterocycles. The molecule has 0 spiro atoms. The molecule has 3 N–H and O–H groups in total. The van der Waals surface area contributed by atoms with E-state index in [1.54, 1.807) is 0 Å². The molecular weight excluding hydrogens is 262 g/mol. The number of phenolic OH excluding ortho intramolecular Hbond substituents is 2. The fourth-order valence-electron chi connectivity index (χ4n) is 2.42. The molecule has 6 nitrogen and oxygen atoms in total. The Labute approximate surface area is 117 Å². The minimum absolute atomic E-state index is 0.0411. The SMILES string of the molecule is CC1(C)CN(C(=O)c2cccc(O)c2O)CC(CO)O1. The zero-order valence-electron chi connectivity index (χ0n) is 11.5. The molecule has 20 heavy (non-hydrogen) atoms. The van der Waals surface area contributed by atoms with Crippen molar-refractivity contribution >= 4 is 5.91 Å². The standard InChI is InChI=1S/C14H19NO5/c1-14(2)8-15(6-9(7-16)20-14)13(19)10-4-3-5-11(17)12(10)18/h3-5,9,16-18H,6-8H2,1-2H3. The van der Waals surface area contributed by atoms with E-state index in [1.165, 1.54) is 23.1 Å².